The first-order valence-corrected chi connectivity index (χ1v) is 8.00. The lowest BCUT2D eigenvalue weighted by Gasteiger charge is -2.13. The van der Waals surface area contributed by atoms with E-state index in [-0.39, 0.29) is 5.78 Å². The van der Waals surface area contributed by atoms with E-state index in [1.165, 1.54) is 12.2 Å². The number of carbonyl (C=O) groups is 2. The second-order valence-corrected chi connectivity index (χ2v) is 5.57. The predicted octanol–water partition coefficient (Wildman–Crippen LogP) is 4.44. The first-order chi connectivity index (χ1) is 11.9. The quantitative estimate of drug-likeness (QED) is 0.358. The van der Waals surface area contributed by atoms with E-state index in [2.05, 4.69) is 19.7 Å². The van der Waals surface area contributed by atoms with E-state index in [4.69, 9.17) is 4.74 Å². The van der Waals surface area contributed by atoms with Gasteiger partial charge in [0.2, 0.25) is 0 Å². The standard InChI is InChI=1S/C21H23FO3/c1-5-18(23)14-17-10-8-16(9-11-17)12-15(4)13-19(22)20(6-2)25-21(24)7-3/h5,7-11,13,20H,1,3-4,6,12,14H2,2H3/b19-13+. The maximum absolute atomic E-state index is 14.2. The van der Waals surface area contributed by atoms with Gasteiger partial charge in [-0.1, -0.05) is 50.9 Å². The molecule has 25 heavy (non-hydrogen) atoms. The van der Waals surface area contributed by atoms with Crippen LogP contribution in [0.1, 0.15) is 24.5 Å². The second-order valence-electron chi connectivity index (χ2n) is 5.57. The topological polar surface area (TPSA) is 43.4 Å². The number of carbonyl (C=O) groups excluding carboxylic acids is 2. The van der Waals surface area contributed by atoms with Crippen LogP contribution in [0, 0.1) is 0 Å². The van der Waals surface area contributed by atoms with Crippen LogP contribution in [-0.2, 0) is 27.2 Å². The van der Waals surface area contributed by atoms with Gasteiger partial charge in [0, 0.05) is 12.5 Å². The Kier molecular flexibility index (Phi) is 8.27. The molecule has 0 bridgehead atoms. The van der Waals surface area contributed by atoms with Crippen molar-refractivity contribution in [2.45, 2.75) is 32.3 Å². The van der Waals surface area contributed by atoms with Gasteiger partial charge in [-0.3, -0.25) is 4.79 Å². The van der Waals surface area contributed by atoms with Crippen molar-refractivity contribution in [3.63, 3.8) is 0 Å². The van der Waals surface area contributed by atoms with Crippen LogP contribution in [0.5, 0.6) is 0 Å². The molecule has 0 amide bonds. The summed E-state index contributed by atoms with van der Waals surface area (Å²) in [4.78, 5) is 22.5. The predicted molar refractivity (Wildman–Crippen MR) is 97.8 cm³/mol. The van der Waals surface area contributed by atoms with E-state index < -0.39 is 17.9 Å². The molecule has 0 saturated carbocycles. The van der Waals surface area contributed by atoms with E-state index in [9.17, 15) is 14.0 Å². The first-order valence-electron chi connectivity index (χ1n) is 8.00. The third kappa shape index (κ3) is 7.12. The zero-order chi connectivity index (χ0) is 18.8. The number of allylic oxidation sites excluding steroid dienone is 3. The molecule has 1 unspecified atom stereocenters. The molecule has 0 saturated heterocycles. The summed E-state index contributed by atoms with van der Waals surface area (Å²) in [5.41, 5.74) is 2.39. The third-order valence-corrected chi connectivity index (χ3v) is 3.51. The summed E-state index contributed by atoms with van der Waals surface area (Å²) in [5, 5.41) is 0. The van der Waals surface area contributed by atoms with Crippen LogP contribution >= 0.6 is 0 Å². The van der Waals surface area contributed by atoms with E-state index in [1.54, 1.807) is 6.92 Å². The van der Waals surface area contributed by atoms with Gasteiger partial charge in [-0.2, -0.15) is 0 Å². The Labute approximate surface area is 148 Å². The fourth-order valence-electron chi connectivity index (χ4n) is 2.17. The van der Waals surface area contributed by atoms with Gasteiger partial charge in [0.1, 0.15) is 5.83 Å². The largest absolute Gasteiger partial charge is 0.452 e. The lowest BCUT2D eigenvalue weighted by atomic mass is 10.0. The van der Waals surface area contributed by atoms with Crippen molar-refractivity contribution in [3.05, 3.63) is 84.8 Å². The van der Waals surface area contributed by atoms with E-state index >= 15 is 0 Å². The summed E-state index contributed by atoms with van der Waals surface area (Å²) in [6.45, 7) is 12.3. The van der Waals surface area contributed by atoms with Crippen LogP contribution in [0.15, 0.2) is 73.6 Å². The molecule has 0 aliphatic rings. The molecule has 0 spiro atoms. The number of halogens is 1. The Bertz CT molecular complexity index is 684. The number of esters is 1. The first kappa shape index (κ1) is 20.3. The van der Waals surface area contributed by atoms with Crippen LogP contribution in [0.2, 0.25) is 0 Å². The Hall–Kier alpha value is -2.75. The van der Waals surface area contributed by atoms with Crippen molar-refractivity contribution in [1.29, 1.82) is 0 Å². The van der Waals surface area contributed by atoms with Crippen LogP contribution in [0.25, 0.3) is 0 Å². The van der Waals surface area contributed by atoms with Crippen LogP contribution in [0.3, 0.4) is 0 Å². The third-order valence-electron chi connectivity index (χ3n) is 3.51. The number of ketones is 1. The van der Waals surface area contributed by atoms with Crippen LogP contribution in [-0.4, -0.2) is 17.9 Å². The summed E-state index contributed by atoms with van der Waals surface area (Å²) in [5.74, 6) is -1.25. The lowest BCUT2D eigenvalue weighted by Crippen LogP contribution is -2.16. The SMILES string of the molecule is C=CC(=O)Cc1ccc(CC(=C)/C=C(/F)C(CC)OC(=O)C=C)cc1. The van der Waals surface area contributed by atoms with Gasteiger partial charge in [0.25, 0.3) is 0 Å². The van der Waals surface area contributed by atoms with Crippen LogP contribution < -0.4 is 0 Å². The van der Waals surface area contributed by atoms with E-state index in [1.807, 2.05) is 24.3 Å². The summed E-state index contributed by atoms with van der Waals surface area (Å²) in [6.07, 6.45) is 3.74. The molecule has 0 fully saturated rings. The average molecular weight is 342 g/mol. The second kappa shape index (κ2) is 10.2. The maximum atomic E-state index is 14.2. The van der Waals surface area contributed by atoms with Crippen molar-refractivity contribution in [1.82, 2.24) is 0 Å². The Morgan fingerprint density at radius 3 is 2.16 bits per heavy atom. The normalized spacial score (nSPS) is 12.2. The van der Waals surface area contributed by atoms with Gasteiger partial charge >= 0.3 is 5.97 Å². The zero-order valence-corrected chi connectivity index (χ0v) is 14.5. The molecule has 0 aromatic heterocycles. The molecule has 132 valence electrons. The van der Waals surface area contributed by atoms with Crippen molar-refractivity contribution in [2.24, 2.45) is 0 Å². The van der Waals surface area contributed by atoms with Gasteiger partial charge in [0.05, 0.1) is 0 Å². The van der Waals surface area contributed by atoms with Crippen molar-refractivity contribution >= 4 is 11.8 Å². The highest BCUT2D eigenvalue weighted by Gasteiger charge is 2.16. The number of ether oxygens (including phenoxy) is 1. The lowest BCUT2D eigenvalue weighted by molar-refractivity contribution is -0.142. The van der Waals surface area contributed by atoms with Gasteiger partial charge < -0.3 is 4.74 Å². The molecule has 1 aromatic rings. The average Bonchev–Trinajstić information content (AvgIpc) is 2.60. The van der Waals surface area contributed by atoms with Crippen molar-refractivity contribution < 1.29 is 18.7 Å². The number of rotatable bonds is 10. The molecule has 3 nitrogen and oxygen atoms in total. The summed E-state index contributed by atoms with van der Waals surface area (Å²) < 4.78 is 19.1. The van der Waals surface area contributed by atoms with Crippen LogP contribution in [0.4, 0.5) is 4.39 Å². The molecule has 1 atom stereocenters. The molecule has 0 N–H and O–H groups in total. The fourth-order valence-corrected chi connectivity index (χ4v) is 2.17. The summed E-state index contributed by atoms with van der Waals surface area (Å²) >= 11 is 0. The smallest absolute Gasteiger partial charge is 0.330 e. The van der Waals surface area contributed by atoms with Crippen molar-refractivity contribution in [2.75, 3.05) is 0 Å². The molecule has 0 aliphatic carbocycles. The van der Waals surface area contributed by atoms with Gasteiger partial charge in [-0.15, -0.1) is 0 Å². The molecular formula is C21H23FO3. The minimum absolute atomic E-state index is 0.0400. The van der Waals surface area contributed by atoms with E-state index in [0.717, 1.165) is 17.2 Å². The molecular weight excluding hydrogens is 319 g/mol. The summed E-state index contributed by atoms with van der Waals surface area (Å²) in [7, 11) is 0. The van der Waals surface area contributed by atoms with Gasteiger partial charge in [0.15, 0.2) is 11.9 Å². The van der Waals surface area contributed by atoms with E-state index in [0.29, 0.717) is 24.8 Å². The number of hydrogen-bond donors (Lipinski definition) is 0. The highest BCUT2D eigenvalue weighted by atomic mass is 19.1. The minimum Gasteiger partial charge on any atom is -0.452 e. The fraction of sp³-hybridized carbons (Fsp3) is 0.238. The molecule has 0 radical (unpaired) electrons. The number of hydrogen-bond acceptors (Lipinski definition) is 3. The van der Waals surface area contributed by atoms with Gasteiger partial charge in [-0.25, -0.2) is 9.18 Å². The van der Waals surface area contributed by atoms with Gasteiger partial charge in [-0.05, 0) is 41.7 Å². The number of benzene rings is 1. The Balaban J connectivity index is 2.70. The maximum Gasteiger partial charge on any atom is 0.330 e. The molecule has 4 heteroatoms. The molecule has 1 rings (SSSR count). The highest BCUT2D eigenvalue weighted by Crippen LogP contribution is 2.17. The van der Waals surface area contributed by atoms with Crippen molar-refractivity contribution in [3.8, 4) is 0 Å². The highest BCUT2D eigenvalue weighted by molar-refractivity contribution is 5.90. The zero-order valence-electron chi connectivity index (χ0n) is 14.5. The summed E-state index contributed by atoms with van der Waals surface area (Å²) in [6, 6.07) is 7.45. The Morgan fingerprint density at radius 2 is 1.68 bits per heavy atom. The monoisotopic (exact) mass is 342 g/mol. The Morgan fingerprint density at radius 1 is 1.12 bits per heavy atom. The molecule has 1 aromatic carbocycles. The molecule has 0 heterocycles. The minimum atomic E-state index is -0.936. The molecule has 0 aliphatic heterocycles.